The molecule has 2 unspecified atom stereocenters. The molecule has 0 aromatic rings. The number of hydrogen-bond acceptors (Lipinski definition) is 7. The van der Waals surface area contributed by atoms with Gasteiger partial charge in [-0.3, -0.25) is 0 Å². The van der Waals surface area contributed by atoms with Crippen molar-refractivity contribution in [3.63, 3.8) is 0 Å². The largest absolute Gasteiger partial charge is 0.499 e. The summed E-state index contributed by atoms with van der Waals surface area (Å²) in [6, 6.07) is 0. The zero-order valence-corrected chi connectivity index (χ0v) is 10.4. The lowest BCUT2D eigenvalue weighted by molar-refractivity contribution is -0.164. The normalized spacial score (nSPS) is 29.5. The minimum Gasteiger partial charge on any atom is -0.499 e. The number of esters is 1. The quantitative estimate of drug-likeness (QED) is 0.685. The van der Waals surface area contributed by atoms with Crippen LogP contribution in [0.5, 0.6) is 0 Å². The number of ether oxygens (including phenoxy) is 4. The van der Waals surface area contributed by atoms with E-state index in [9.17, 15) is 14.7 Å². The second kappa shape index (κ2) is 4.71. The number of aliphatic carboxylic acids is 1. The van der Waals surface area contributed by atoms with Crippen molar-refractivity contribution in [2.45, 2.75) is 31.8 Å². The molecule has 106 valence electrons. The average Bonchev–Trinajstić information content (AvgIpc) is 2.79. The van der Waals surface area contributed by atoms with Crippen LogP contribution in [0.3, 0.4) is 0 Å². The van der Waals surface area contributed by atoms with Crippen molar-refractivity contribution < 1.29 is 38.7 Å². The molecule has 1 fully saturated rings. The Morgan fingerprint density at radius 3 is 2.74 bits per heavy atom. The second-order valence-corrected chi connectivity index (χ2v) is 4.59. The lowest BCUT2D eigenvalue weighted by atomic mass is 10.2. The van der Waals surface area contributed by atoms with Gasteiger partial charge in [-0.25, -0.2) is 9.59 Å². The SMILES string of the molecule is CC1(C)OCC(C2OC(=O)C(O)=C2OCC(=O)O)O1. The number of aliphatic hydroxyl groups is 1. The summed E-state index contributed by atoms with van der Waals surface area (Å²) in [5.74, 6) is -4.02. The molecule has 2 N–H and O–H groups in total. The Morgan fingerprint density at radius 2 is 2.21 bits per heavy atom. The maximum absolute atomic E-state index is 11.3. The number of carboxylic acid groups (broad SMARTS) is 1. The van der Waals surface area contributed by atoms with E-state index in [1.54, 1.807) is 13.8 Å². The number of carbonyl (C=O) groups excluding carboxylic acids is 1. The lowest BCUT2D eigenvalue weighted by Crippen LogP contribution is -2.33. The molecule has 2 heterocycles. The average molecular weight is 274 g/mol. The van der Waals surface area contributed by atoms with Gasteiger partial charge in [0.1, 0.15) is 6.10 Å². The highest BCUT2D eigenvalue weighted by Gasteiger charge is 2.47. The van der Waals surface area contributed by atoms with Gasteiger partial charge in [-0.15, -0.1) is 0 Å². The molecule has 0 radical (unpaired) electrons. The van der Waals surface area contributed by atoms with E-state index >= 15 is 0 Å². The molecule has 2 atom stereocenters. The Morgan fingerprint density at radius 1 is 1.53 bits per heavy atom. The molecule has 0 bridgehead atoms. The molecule has 2 aliphatic heterocycles. The van der Waals surface area contributed by atoms with Crippen molar-refractivity contribution in [2.75, 3.05) is 13.2 Å². The summed E-state index contributed by atoms with van der Waals surface area (Å²) in [6.07, 6.45) is -1.67. The van der Waals surface area contributed by atoms with E-state index in [-0.39, 0.29) is 12.4 Å². The van der Waals surface area contributed by atoms with Crippen LogP contribution in [0, 0.1) is 0 Å². The van der Waals surface area contributed by atoms with E-state index in [0.29, 0.717) is 0 Å². The summed E-state index contributed by atoms with van der Waals surface area (Å²) in [5, 5.41) is 18.1. The van der Waals surface area contributed by atoms with Crippen LogP contribution in [-0.2, 0) is 28.5 Å². The third-order valence-corrected chi connectivity index (χ3v) is 2.64. The van der Waals surface area contributed by atoms with Gasteiger partial charge in [0, 0.05) is 0 Å². The predicted molar refractivity (Wildman–Crippen MR) is 58.0 cm³/mol. The molecule has 2 rings (SSSR count). The molecule has 0 aromatic heterocycles. The van der Waals surface area contributed by atoms with Gasteiger partial charge in [0.05, 0.1) is 6.61 Å². The highest BCUT2D eigenvalue weighted by atomic mass is 16.8. The summed E-state index contributed by atoms with van der Waals surface area (Å²) >= 11 is 0. The van der Waals surface area contributed by atoms with Crippen molar-refractivity contribution in [1.29, 1.82) is 0 Å². The number of cyclic esters (lactones) is 1. The van der Waals surface area contributed by atoms with Crippen LogP contribution in [0.1, 0.15) is 13.8 Å². The monoisotopic (exact) mass is 274 g/mol. The van der Waals surface area contributed by atoms with E-state index in [1.807, 2.05) is 0 Å². The molecule has 1 saturated heterocycles. The zero-order valence-electron chi connectivity index (χ0n) is 10.4. The molecular weight excluding hydrogens is 260 g/mol. The van der Waals surface area contributed by atoms with Crippen molar-refractivity contribution in [2.24, 2.45) is 0 Å². The van der Waals surface area contributed by atoms with Crippen LogP contribution in [0.25, 0.3) is 0 Å². The Labute approximate surface area is 108 Å². The third-order valence-electron chi connectivity index (χ3n) is 2.64. The Hall–Kier alpha value is -1.80. The van der Waals surface area contributed by atoms with Gasteiger partial charge in [-0.2, -0.15) is 0 Å². The van der Waals surface area contributed by atoms with E-state index in [1.165, 1.54) is 0 Å². The third kappa shape index (κ3) is 2.79. The van der Waals surface area contributed by atoms with Crippen LogP contribution in [0.2, 0.25) is 0 Å². The van der Waals surface area contributed by atoms with Gasteiger partial charge in [0.15, 0.2) is 24.3 Å². The van der Waals surface area contributed by atoms with Gasteiger partial charge in [-0.05, 0) is 13.8 Å². The van der Waals surface area contributed by atoms with Crippen LogP contribution in [0.4, 0.5) is 0 Å². The van der Waals surface area contributed by atoms with E-state index in [4.69, 9.17) is 24.1 Å². The van der Waals surface area contributed by atoms with Crippen LogP contribution in [-0.4, -0.2) is 53.4 Å². The fourth-order valence-electron chi connectivity index (χ4n) is 1.86. The minimum atomic E-state index is -1.23. The number of rotatable bonds is 4. The first-order chi connectivity index (χ1) is 8.80. The maximum atomic E-state index is 11.3. The number of hydrogen-bond donors (Lipinski definition) is 2. The smallest absolute Gasteiger partial charge is 0.378 e. The van der Waals surface area contributed by atoms with Gasteiger partial charge in [0.25, 0.3) is 0 Å². The van der Waals surface area contributed by atoms with E-state index < -0.39 is 42.3 Å². The molecule has 0 aromatic carbocycles. The maximum Gasteiger partial charge on any atom is 0.378 e. The summed E-state index contributed by atoms with van der Waals surface area (Å²) in [5.41, 5.74) is 0. The summed E-state index contributed by atoms with van der Waals surface area (Å²) in [6.45, 7) is 2.82. The van der Waals surface area contributed by atoms with Crippen molar-refractivity contribution >= 4 is 11.9 Å². The van der Waals surface area contributed by atoms with Gasteiger partial charge in [-0.1, -0.05) is 0 Å². The topological polar surface area (TPSA) is 112 Å². The van der Waals surface area contributed by atoms with Crippen molar-refractivity contribution in [3.8, 4) is 0 Å². The number of carbonyl (C=O) groups is 2. The fraction of sp³-hybridized carbons (Fsp3) is 0.636. The van der Waals surface area contributed by atoms with Crippen LogP contribution in [0.15, 0.2) is 11.5 Å². The highest BCUT2D eigenvalue weighted by Crippen LogP contribution is 2.32. The Balaban J connectivity index is 2.12. The minimum absolute atomic E-state index is 0.137. The lowest BCUT2D eigenvalue weighted by Gasteiger charge is -2.21. The molecule has 8 heteroatoms. The van der Waals surface area contributed by atoms with Gasteiger partial charge in [0.2, 0.25) is 5.76 Å². The Bertz CT molecular complexity index is 438. The first-order valence-electron chi connectivity index (χ1n) is 5.60. The summed E-state index contributed by atoms with van der Waals surface area (Å²) in [4.78, 5) is 21.8. The molecule has 0 spiro atoms. The standard InChI is InChI=1S/C11H14O8/c1-11(2)17-3-5(19-11)8-9(16-4-6(12)13)7(14)10(15)18-8/h5,8,14H,3-4H2,1-2H3,(H,12,13). The molecule has 0 saturated carbocycles. The van der Waals surface area contributed by atoms with Gasteiger partial charge >= 0.3 is 11.9 Å². The van der Waals surface area contributed by atoms with Crippen molar-refractivity contribution in [3.05, 3.63) is 11.5 Å². The van der Waals surface area contributed by atoms with Gasteiger partial charge < -0.3 is 29.2 Å². The zero-order chi connectivity index (χ0) is 14.2. The Kier molecular flexibility index (Phi) is 3.38. The number of aliphatic hydroxyl groups excluding tert-OH is 1. The molecule has 8 nitrogen and oxygen atoms in total. The first kappa shape index (κ1) is 13.6. The summed E-state index contributed by atoms with van der Waals surface area (Å²) < 4.78 is 20.6. The predicted octanol–water partition coefficient (Wildman–Crippen LogP) is -0.0659. The molecule has 0 amide bonds. The second-order valence-electron chi connectivity index (χ2n) is 4.59. The van der Waals surface area contributed by atoms with Crippen molar-refractivity contribution in [1.82, 2.24) is 0 Å². The first-order valence-corrected chi connectivity index (χ1v) is 5.60. The van der Waals surface area contributed by atoms with E-state index in [0.717, 1.165) is 0 Å². The molecular formula is C11H14O8. The molecule has 2 aliphatic rings. The fourth-order valence-corrected chi connectivity index (χ4v) is 1.86. The van der Waals surface area contributed by atoms with Crippen LogP contribution < -0.4 is 0 Å². The summed E-state index contributed by atoms with van der Waals surface area (Å²) in [7, 11) is 0. The highest BCUT2D eigenvalue weighted by molar-refractivity contribution is 5.89. The number of carboxylic acids is 1. The molecule has 0 aliphatic carbocycles. The van der Waals surface area contributed by atoms with Crippen LogP contribution >= 0.6 is 0 Å². The molecule has 19 heavy (non-hydrogen) atoms. The van der Waals surface area contributed by atoms with E-state index in [2.05, 4.69) is 0 Å².